The van der Waals surface area contributed by atoms with E-state index in [2.05, 4.69) is 170 Å². The van der Waals surface area contributed by atoms with Crippen molar-refractivity contribution in [2.45, 2.75) is 5.41 Å². The van der Waals surface area contributed by atoms with E-state index in [1.165, 1.54) is 71.6 Å². The van der Waals surface area contributed by atoms with Gasteiger partial charge in [0.15, 0.2) is 0 Å². The van der Waals surface area contributed by atoms with Gasteiger partial charge in [0.1, 0.15) is 0 Å². The molecule has 8 aromatic rings. The third kappa shape index (κ3) is 3.65. The van der Waals surface area contributed by atoms with E-state index in [0.29, 0.717) is 0 Å². The average Bonchev–Trinajstić information content (AvgIpc) is 3.43. The Hall–Kier alpha value is -5.79. The second kappa shape index (κ2) is 10.1. The minimum Gasteiger partial charge on any atom is -0.256 e. The van der Waals surface area contributed by atoms with Gasteiger partial charge in [-0.25, -0.2) is 0 Å². The summed E-state index contributed by atoms with van der Waals surface area (Å²) in [5.74, 6) is 0. The second-order valence-electron chi connectivity index (χ2n) is 11.8. The van der Waals surface area contributed by atoms with Crippen molar-refractivity contribution in [3.8, 4) is 33.5 Å². The van der Waals surface area contributed by atoms with Gasteiger partial charge in [-0.05, 0) is 72.1 Å². The number of hydrogen-bond acceptors (Lipinski definition) is 1. The van der Waals surface area contributed by atoms with E-state index in [-0.39, 0.29) is 0 Å². The van der Waals surface area contributed by atoms with Crippen LogP contribution in [0.15, 0.2) is 176 Å². The average molecular weight is 572 g/mol. The molecule has 0 atom stereocenters. The van der Waals surface area contributed by atoms with Gasteiger partial charge in [-0.1, -0.05) is 164 Å². The van der Waals surface area contributed by atoms with Gasteiger partial charge in [-0.2, -0.15) is 0 Å². The Labute approximate surface area is 263 Å². The summed E-state index contributed by atoms with van der Waals surface area (Å²) in [6.07, 6.45) is 1.94. The van der Waals surface area contributed by atoms with Crippen LogP contribution in [0.5, 0.6) is 0 Å². The van der Waals surface area contributed by atoms with Crippen molar-refractivity contribution >= 4 is 21.5 Å². The molecule has 0 spiro atoms. The van der Waals surface area contributed by atoms with E-state index in [0.717, 1.165) is 5.69 Å². The van der Waals surface area contributed by atoms with Crippen molar-refractivity contribution < 1.29 is 0 Å². The summed E-state index contributed by atoms with van der Waals surface area (Å²) in [5.41, 5.74) is 11.7. The van der Waals surface area contributed by atoms with Gasteiger partial charge < -0.3 is 0 Å². The molecule has 0 bridgehead atoms. The van der Waals surface area contributed by atoms with Crippen LogP contribution in [0.1, 0.15) is 22.3 Å². The van der Waals surface area contributed by atoms with E-state index in [1.54, 1.807) is 0 Å². The first-order valence-electron chi connectivity index (χ1n) is 15.6. The molecule has 1 heterocycles. The zero-order chi connectivity index (χ0) is 29.8. The molecule has 0 N–H and O–H groups in total. The quantitative estimate of drug-likeness (QED) is 0.192. The van der Waals surface area contributed by atoms with Gasteiger partial charge in [0.05, 0.1) is 11.1 Å². The molecule has 210 valence electrons. The van der Waals surface area contributed by atoms with Crippen molar-refractivity contribution in [3.05, 3.63) is 198 Å². The Balaban J connectivity index is 1.45. The molecular formula is C44H29N. The fraction of sp³-hybridized carbons (Fsp3) is 0.0227. The number of rotatable bonds is 4. The number of benzene rings is 7. The van der Waals surface area contributed by atoms with Crippen LogP contribution in [0.2, 0.25) is 0 Å². The number of nitrogens with zero attached hydrogens (tertiary/aromatic N) is 1. The standard InChI is InChI=1S/C44H29N/c1-4-16-30(17-5-1)40-33-22-10-12-24-35(33)41(36-25-13-11-23-34(36)40)37-26-14-27-38-42(37)43-39(28-15-29-45-43)44(38,31-18-6-2-7-19-31)32-20-8-3-9-21-32/h1-29H. The van der Waals surface area contributed by atoms with Crippen molar-refractivity contribution in [2.24, 2.45) is 0 Å². The lowest BCUT2D eigenvalue weighted by atomic mass is 9.67. The van der Waals surface area contributed by atoms with Crippen LogP contribution in [0.4, 0.5) is 0 Å². The van der Waals surface area contributed by atoms with Crippen LogP contribution in [0.25, 0.3) is 55.1 Å². The van der Waals surface area contributed by atoms with Gasteiger partial charge in [-0.15, -0.1) is 0 Å². The van der Waals surface area contributed by atoms with Crippen LogP contribution in [-0.4, -0.2) is 4.98 Å². The Morgan fingerprint density at radius 2 is 0.844 bits per heavy atom. The van der Waals surface area contributed by atoms with Crippen molar-refractivity contribution in [1.82, 2.24) is 4.98 Å². The molecule has 1 heteroatoms. The summed E-state index contributed by atoms with van der Waals surface area (Å²) >= 11 is 0. The largest absolute Gasteiger partial charge is 0.256 e. The number of hydrogen-bond donors (Lipinski definition) is 0. The maximum absolute atomic E-state index is 5.16. The van der Waals surface area contributed by atoms with Crippen LogP contribution in [0, 0.1) is 0 Å². The molecule has 0 amide bonds. The van der Waals surface area contributed by atoms with E-state index >= 15 is 0 Å². The SMILES string of the molecule is c1ccc(-c2c3ccccc3c(-c3cccc4c3-c3ncccc3C4(c3ccccc3)c3ccccc3)c3ccccc23)cc1. The molecule has 1 aromatic heterocycles. The lowest BCUT2D eigenvalue weighted by molar-refractivity contribution is 0.766. The highest BCUT2D eigenvalue weighted by molar-refractivity contribution is 6.22. The molecule has 1 aliphatic carbocycles. The topological polar surface area (TPSA) is 12.9 Å². The molecule has 0 fully saturated rings. The van der Waals surface area contributed by atoms with E-state index < -0.39 is 5.41 Å². The lowest BCUT2D eigenvalue weighted by Gasteiger charge is -2.33. The Morgan fingerprint density at radius 1 is 0.356 bits per heavy atom. The molecule has 0 saturated carbocycles. The number of fused-ring (bicyclic) bond motifs is 5. The Bertz CT molecular complexity index is 2260. The minimum atomic E-state index is -0.493. The normalized spacial score (nSPS) is 13.1. The fourth-order valence-electron chi connectivity index (χ4n) is 7.88. The molecule has 9 rings (SSSR count). The van der Waals surface area contributed by atoms with E-state index in [1.807, 2.05) is 6.20 Å². The summed E-state index contributed by atoms with van der Waals surface area (Å²) in [4.78, 5) is 5.16. The predicted molar refractivity (Wildman–Crippen MR) is 187 cm³/mol. The van der Waals surface area contributed by atoms with Crippen LogP contribution in [0.3, 0.4) is 0 Å². The molecule has 0 saturated heterocycles. The minimum absolute atomic E-state index is 0.493. The highest BCUT2D eigenvalue weighted by atomic mass is 14.7. The summed E-state index contributed by atoms with van der Waals surface area (Å²) in [7, 11) is 0. The highest BCUT2D eigenvalue weighted by Gasteiger charge is 2.47. The number of pyridine rings is 1. The fourth-order valence-corrected chi connectivity index (χ4v) is 7.88. The maximum atomic E-state index is 5.16. The van der Waals surface area contributed by atoms with Crippen LogP contribution < -0.4 is 0 Å². The van der Waals surface area contributed by atoms with E-state index in [4.69, 9.17) is 4.98 Å². The third-order valence-corrected chi connectivity index (χ3v) is 9.59. The molecule has 0 radical (unpaired) electrons. The summed E-state index contributed by atoms with van der Waals surface area (Å²) < 4.78 is 0. The summed E-state index contributed by atoms with van der Waals surface area (Å²) in [6.45, 7) is 0. The van der Waals surface area contributed by atoms with Crippen molar-refractivity contribution in [1.29, 1.82) is 0 Å². The Morgan fingerprint density at radius 3 is 1.42 bits per heavy atom. The van der Waals surface area contributed by atoms with E-state index in [9.17, 15) is 0 Å². The first kappa shape index (κ1) is 25.7. The molecule has 45 heavy (non-hydrogen) atoms. The zero-order valence-corrected chi connectivity index (χ0v) is 24.7. The zero-order valence-electron chi connectivity index (χ0n) is 24.7. The van der Waals surface area contributed by atoms with Crippen LogP contribution in [-0.2, 0) is 5.41 Å². The second-order valence-corrected chi connectivity index (χ2v) is 11.8. The van der Waals surface area contributed by atoms with Crippen LogP contribution >= 0.6 is 0 Å². The monoisotopic (exact) mass is 571 g/mol. The Kier molecular flexibility index (Phi) is 5.79. The lowest BCUT2D eigenvalue weighted by Crippen LogP contribution is -2.28. The maximum Gasteiger partial charge on any atom is 0.0759 e. The highest BCUT2D eigenvalue weighted by Crippen LogP contribution is 2.58. The smallest absolute Gasteiger partial charge is 0.0759 e. The summed E-state index contributed by atoms with van der Waals surface area (Å²) in [6, 6.07) is 61.7. The molecule has 0 aliphatic heterocycles. The van der Waals surface area contributed by atoms with Gasteiger partial charge in [0.2, 0.25) is 0 Å². The number of aromatic nitrogens is 1. The molecule has 0 unspecified atom stereocenters. The van der Waals surface area contributed by atoms with Gasteiger partial charge in [-0.3, -0.25) is 4.98 Å². The summed E-state index contributed by atoms with van der Waals surface area (Å²) in [5, 5.41) is 5.01. The first-order chi connectivity index (χ1) is 22.4. The molecule has 1 aliphatic rings. The molecular weight excluding hydrogens is 542 g/mol. The third-order valence-electron chi connectivity index (χ3n) is 9.59. The predicted octanol–water partition coefficient (Wildman–Crippen LogP) is 11.1. The van der Waals surface area contributed by atoms with Crippen molar-refractivity contribution in [2.75, 3.05) is 0 Å². The van der Waals surface area contributed by atoms with Gasteiger partial charge in [0, 0.05) is 11.8 Å². The van der Waals surface area contributed by atoms with Gasteiger partial charge >= 0.3 is 0 Å². The molecule has 7 aromatic carbocycles. The molecule has 1 nitrogen and oxygen atoms in total. The van der Waals surface area contributed by atoms with Crippen molar-refractivity contribution in [3.63, 3.8) is 0 Å². The van der Waals surface area contributed by atoms with Gasteiger partial charge in [0.25, 0.3) is 0 Å². The first-order valence-corrected chi connectivity index (χ1v) is 15.6.